The van der Waals surface area contributed by atoms with Crippen LogP contribution in [0.1, 0.15) is 29.5 Å². The number of hydrogen-bond donors (Lipinski definition) is 1. The van der Waals surface area contributed by atoms with Gasteiger partial charge in [-0.3, -0.25) is 0 Å². The SMILES string of the molecule is COc1cc(C)c(C)cc1CN(C)CCCCN. The summed E-state index contributed by atoms with van der Waals surface area (Å²) in [4.78, 5) is 2.32. The first-order valence-corrected chi connectivity index (χ1v) is 6.61. The minimum absolute atomic E-state index is 0.779. The molecule has 0 heterocycles. The van der Waals surface area contributed by atoms with Crippen LogP contribution in [0.2, 0.25) is 0 Å². The minimum Gasteiger partial charge on any atom is -0.496 e. The molecule has 0 radical (unpaired) electrons. The second kappa shape index (κ2) is 7.39. The predicted octanol–water partition coefficient (Wildman–Crippen LogP) is 2.48. The van der Waals surface area contributed by atoms with Crippen molar-refractivity contribution in [2.75, 3.05) is 27.2 Å². The van der Waals surface area contributed by atoms with Crippen molar-refractivity contribution >= 4 is 0 Å². The number of rotatable bonds is 7. The third kappa shape index (κ3) is 4.31. The fourth-order valence-electron chi connectivity index (χ4n) is 2.06. The molecule has 18 heavy (non-hydrogen) atoms. The fraction of sp³-hybridized carbons (Fsp3) is 0.600. The van der Waals surface area contributed by atoms with E-state index < -0.39 is 0 Å². The molecule has 0 saturated heterocycles. The van der Waals surface area contributed by atoms with Crippen LogP contribution < -0.4 is 10.5 Å². The van der Waals surface area contributed by atoms with Crippen molar-refractivity contribution in [3.05, 3.63) is 28.8 Å². The summed E-state index contributed by atoms with van der Waals surface area (Å²) in [6.07, 6.45) is 2.24. The van der Waals surface area contributed by atoms with E-state index in [0.717, 1.165) is 38.2 Å². The van der Waals surface area contributed by atoms with E-state index in [9.17, 15) is 0 Å². The van der Waals surface area contributed by atoms with Crippen LogP contribution in [0.15, 0.2) is 12.1 Å². The topological polar surface area (TPSA) is 38.5 Å². The summed E-state index contributed by atoms with van der Waals surface area (Å²) in [5, 5.41) is 0. The molecule has 0 aromatic heterocycles. The third-order valence-electron chi connectivity index (χ3n) is 3.33. The van der Waals surface area contributed by atoms with E-state index in [0.29, 0.717) is 0 Å². The number of unbranched alkanes of at least 4 members (excludes halogenated alkanes) is 1. The highest BCUT2D eigenvalue weighted by molar-refractivity contribution is 5.41. The van der Waals surface area contributed by atoms with Gasteiger partial charge in [0.1, 0.15) is 5.75 Å². The molecule has 0 bridgehead atoms. The van der Waals surface area contributed by atoms with E-state index >= 15 is 0 Å². The minimum atomic E-state index is 0.779. The second-order valence-electron chi connectivity index (χ2n) is 4.98. The Morgan fingerprint density at radius 3 is 2.44 bits per heavy atom. The molecule has 1 aromatic carbocycles. The molecule has 0 fully saturated rings. The fourth-order valence-corrected chi connectivity index (χ4v) is 2.06. The molecule has 3 heteroatoms. The Morgan fingerprint density at radius 1 is 1.17 bits per heavy atom. The average Bonchev–Trinajstić information content (AvgIpc) is 2.34. The highest BCUT2D eigenvalue weighted by Crippen LogP contribution is 2.24. The lowest BCUT2D eigenvalue weighted by molar-refractivity contribution is 0.311. The summed E-state index contributed by atoms with van der Waals surface area (Å²) in [7, 11) is 3.88. The summed E-state index contributed by atoms with van der Waals surface area (Å²) in [6, 6.07) is 4.35. The Hall–Kier alpha value is -1.06. The second-order valence-corrected chi connectivity index (χ2v) is 4.98. The molecule has 0 unspecified atom stereocenters. The smallest absolute Gasteiger partial charge is 0.123 e. The van der Waals surface area contributed by atoms with E-state index in [1.165, 1.54) is 16.7 Å². The Kier molecular flexibility index (Phi) is 6.16. The standard InChI is InChI=1S/C15H26N2O/c1-12-9-14(15(18-4)10-13(12)2)11-17(3)8-6-5-7-16/h9-10H,5-8,11,16H2,1-4H3. The number of nitrogens with zero attached hydrogens (tertiary/aromatic N) is 1. The quantitative estimate of drug-likeness (QED) is 0.756. The molecule has 0 saturated carbocycles. The van der Waals surface area contributed by atoms with Gasteiger partial charge in [0.25, 0.3) is 0 Å². The highest BCUT2D eigenvalue weighted by atomic mass is 16.5. The van der Waals surface area contributed by atoms with Gasteiger partial charge in [-0.2, -0.15) is 0 Å². The van der Waals surface area contributed by atoms with Gasteiger partial charge in [-0.1, -0.05) is 6.07 Å². The van der Waals surface area contributed by atoms with Crippen LogP contribution in [0.25, 0.3) is 0 Å². The largest absolute Gasteiger partial charge is 0.496 e. The van der Waals surface area contributed by atoms with E-state index in [-0.39, 0.29) is 0 Å². The lowest BCUT2D eigenvalue weighted by Gasteiger charge is -2.19. The van der Waals surface area contributed by atoms with Crippen LogP contribution in [0.5, 0.6) is 5.75 Å². The van der Waals surface area contributed by atoms with Crippen LogP contribution >= 0.6 is 0 Å². The summed E-state index contributed by atoms with van der Waals surface area (Å²) in [6.45, 7) is 7.04. The lowest BCUT2D eigenvalue weighted by Crippen LogP contribution is -2.20. The molecule has 3 nitrogen and oxygen atoms in total. The average molecular weight is 250 g/mol. The first kappa shape index (κ1) is 15.0. The Balaban J connectivity index is 2.68. The predicted molar refractivity (Wildman–Crippen MR) is 77.1 cm³/mol. The van der Waals surface area contributed by atoms with E-state index in [1.54, 1.807) is 7.11 Å². The molecule has 102 valence electrons. The van der Waals surface area contributed by atoms with Crippen molar-refractivity contribution in [2.24, 2.45) is 5.73 Å². The first-order chi connectivity index (χ1) is 8.58. The molecule has 0 aliphatic carbocycles. The number of nitrogens with two attached hydrogens (primary N) is 1. The number of benzene rings is 1. The van der Waals surface area contributed by atoms with Crippen LogP contribution in [0, 0.1) is 13.8 Å². The monoisotopic (exact) mass is 250 g/mol. The van der Waals surface area contributed by atoms with Gasteiger partial charge in [0.05, 0.1) is 7.11 Å². The molecule has 2 N–H and O–H groups in total. The van der Waals surface area contributed by atoms with Crippen LogP contribution in [-0.4, -0.2) is 32.1 Å². The van der Waals surface area contributed by atoms with Crippen LogP contribution in [0.3, 0.4) is 0 Å². The van der Waals surface area contributed by atoms with E-state index in [4.69, 9.17) is 10.5 Å². The molecule has 0 spiro atoms. The summed E-state index contributed by atoms with van der Waals surface area (Å²) in [5.74, 6) is 0.990. The van der Waals surface area contributed by atoms with E-state index in [1.807, 2.05) is 0 Å². The third-order valence-corrected chi connectivity index (χ3v) is 3.33. The van der Waals surface area contributed by atoms with Crippen molar-refractivity contribution in [2.45, 2.75) is 33.2 Å². The summed E-state index contributed by atoms with van der Waals surface area (Å²) in [5.41, 5.74) is 9.37. The highest BCUT2D eigenvalue weighted by Gasteiger charge is 2.08. The van der Waals surface area contributed by atoms with Gasteiger partial charge in [0, 0.05) is 12.1 Å². The van der Waals surface area contributed by atoms with Gasteiger partial charge in [-0.05, 0) is 64.0 Å². The van der Waals surface area contributed by atoms with E-state index in [2.05, 4.69) is 37.9 Å². The Bertz CT molecular complexity index is 377. The number of methoxy groups -OCH3 is 1. The zero-order valence-corrected chi connectivity index (χ0v) is 12.1. The van der Waals surface area contributed by atoms with Gasteiger partial charge < -0.3 is 15.4 Å². The van der Waals surface area contributed by atoms with Gasteiger partial charge in [0.2, 0.25) is 0 Å². The maximum atomic E-state index is 5.51. The molecular formula is C15H26N2O. The normalized spacial score (nSPS) is 11.0. The van der Waals surface area contributed by atoms with Gasteiger partial charge in [-0.25, -0.2) is 0 Å². The number of ether oxygens (including phenoxy) is 1. The molecular weight excluding hydrogens is 224 g/mol. The lowest BCUT2D eigenvalue weighted by atomic mass is 10.0. The molecule has 1 rings (SSSR count). The number of hydrogen-bond acceptors (Lipinski definition) is 3. The number of aryl methyl sites for hydroxylation is 2. The molecule has 0 atom stereocenters. The summed E-state index contributed by atoms with van der Waals surface area (Å²) < 4.78 is 5.46. The maximum Gasteiger partial charge on any atom is 0.123 e. The van der Waals surface area contributed by atoms with Crippen LogP contribution in [-0.2, 0) is 6.54 Å². The van der Waals surface area contributed by atoms with Crippen molar-refractivity contribution in [3.63, 3.8) is 0 Å². The van der Waals surface area contributed by atoms with Gasteiger partial charge >= 0.3 is 0 Å². The summed E-state index contributed by atoms with van der Waals surface area (Å²) >= 11 is 0. The maximum absolute atomic E-state index is 5.51. The zero-order chi connectivity index (χ0) is 13.5. The molecule has 1 aromatic rings. The molecule has 0 aliphatic rings. The van der Waals surface area contributed by atoms with Gasteiger partial charge in [-0.15, -0.1) is 0 Å². The molecule has 0 amide bonds. The van der Waals surface area contributed by atoms with Crippen molar-refractivity contribution in [1.29, 1.82) is 0 Å². The first-order valence-electron chi connectivity index (χ1n) is 6.61. The Labute approximate surface area is 111 Å². The van der Waals surface area contributed by atoms with Crippen molar-refractivity contribution in [3.8, 4) is 5.75 Å². The Morgan fingerprint density at radius 2 is 1.83 bits per heavy atom. The molecule has 0 aliphatic heterocycles. The van der Waals surface area contributed by atoms with Crippen LogP contribution in [0.4, 0.5) is 0 Å². The van der Waals surface area contributed by atoms with Crippen molar-refractivity contribution in [1.82, 2.24) is 4.90 Å². The van der Waals surface area contributed by atoms with Crippen molar-refractivity contribution < 1.29 is 4.74 Å². The van der Waals surface area contributed by atoms with Gasteiger partial charge in [0.15, 0.2) is 0 Å². The zero-order valence-electron chi connectivity index (χ0n) is 12.1.